The van der Waals surface area contributed by atoms with Crippen LogP contribution >= 0.6 is 0 Å². The number of unbranched alkanes of at least 4 members (excludes halogenated alkanes) is 3. The Hall–Kier alpha value is -3.62. The van der Waals surface area contributed by atoms with Crippen LogP contribution in [0.1, 0.15) is 43.9 Å². The second-order valence-corrected chi connectivity index (χ2v) is 12.8. The van der Waals surface area contributed by atoms with Crippen molar-refractivity contribution in [2.75, 3.05) is 13.1 Å². The number of carbonyl (C=O) groups is 1. The summed E-state index contributed by atoms with van der Waals surface area (Å²) in [6, 6.07) is 9.56. The summed E-state index contributed by atoms with van der Waals surface area (Å²) >= 11 is 0. The molecule has 0 radical (unpaired) electrons. The summed E-state index contributed by atoms with van der Waals surface area (Å²) in [6.45, 7) is 2.38. The highest BCUT2D eigenvalue weighted by Gasteiger charge is 2.65. The van der Waals surface area contributed by atoms with Gasteiger partial charge in [-0.15, -0.1) is 0 Å². The second kappa shape index (κ2) is 11.0. The Morgan fingerprint density at radius 2 is 1.73 bits per heavy atom. The van der Waals surface area contributed by atoms with Crippen LogP contribution in [-0.2, 0) is 40.9 Å². The van der Waals surface area contributed by atoms with Crippen LogP contribution in [-0.4, -0.2) is 62.1 Å². The Morgan fingerprint density at radius 3 is 2.39 bits per heavy atom. The second-order valence-electron chi connectivity index (χ2n) is 10.8. The Labute approximate surface area is 237 Å². The number of hydrogen-bond donors (Lipinski definition) is 2. The van der Waals surface area contributed by atoms with Crippen LogP contribution < -0.4 is 16.7 Å². The number of alkyl carbamates (subject to hydrolysis) is 1. The average molecular weight is 590 g/mol. The molecule has 2 atom stereocenters. The number of aliphatic hydroxyl groups is 1. The average Bonchev–Trinajstić information content (AvgIpc) is 3.61. The molecular weight excluding hydrogens is 554 g/mol. The molecule has 2 N–H and O–H groups in total. The van der Waals surface area contributed by atoms with Crippen molar-refractivity contribution in [2.24, 2.45) is 0 Å². The van der Waals surface area contributed by atoms with Gasteiger partial charge in [-0.3, -0.25) is 0 Å². The monoisotopic (exact) mass is 589 g/mol. The molecule has 0 aliphatic carbocycles. The maximum atomic E-state index is 13.6. The third kappa shape index (κ3) is 5.26. The van der Waals surface area contributed by atoms with E-state index in [1.165, 1.54) is 18.4 Å². The zero-order chi connectivity index (χ0) is 29.4. The number of rotatable bonds is 10. The lowest BCUT2D eigenvalue weighted by molar-refractivity contribution is -0.159. The number of benzene rings is 1. The Balaban J connectivity index is 1.49. The molecule has 4 heterocycles. The summed E-state index contributed by atoms with van der Waals surface area (Å²) in [4.78, 5) is 39.6. The van der Waals surface area contributed by atoms with Crippen molar-refractivity contribution in [3.63, 3.8) is 0 Å². The summed E-state index contributed by atoms with van der Waals surface area (Å²) < 4.78 is 42.7. The van der Waals surface area contributed by atoms with E-state index in [-0.39, 0.29) is 18.0 Å². The first-order valence-corrected chi connectivity index (χ1v) is 15.1. The molecular formula is C27H35N5O8S. The molecule has 1 saturated heterocycles. The Morgan fingerprint density at radius 1 is 1.02 bits per heavy atom. The molecule has 3 aromatic rings. The third-order valence-electron chi connectivity index (χ3n) is 7.90. The van der Waals surface area contributed by atoms with Crippen molar-refractivity contribution in [3.8, 4) is 0 Å². The van der Waals surface area contributed by atoms with Crippen molar-refractivity contribution in [1.82, 2.24) is 23.6 Å². The zero-order valence-corrected chi connectivity index (χ0v) is 23.9. The lowest BCUT2D eigenvalue weighted by Crippen LogP contribution is -2.66. The molecule has 14 heteroatoms. The first-order valence-electron chi connectivity index (χ1n) is 13.7. The van der Waals surface area contributed by atoms with E-state index >= 15 is 0 Å². The van der Waals surface area contributed by atoms with Gasteiger partial charge < -0.3 is 19.6 Å². The van der Waals surface area contributed by atoms with E-state index in [0.29, 0.717) is 12.2 Å². The van der Waals surface area contributed by atoms with E-state index in [0.717, 1.165) is 43.1 Å². The molecule has 5 rings (SSSR count). The summed E-state index contributed by atoms with van der Waals surface area (Å²) in [5.41, 5.74) is -4.20. The number of hydrogen-bond acceptors (Lipinski definition) is 8. The van der Waals surface area contributed by atoms with E-state index < -0.39 is 64.9 Å². The van der Waals surface area contributed by atoms with E-state index in [2.05, 4.69) is 12.2 Å². The normalized spacial score (nSPS) is 22.3. The number of ether oxygens (including phenoxy) is 1. The van der Waals surface area contributed by atoms with Gasteiger partial charge in [-0.05, 0) is 37.6 Å². The molecule has 0 bridgehead atoms. The van der Waals surface area contributed by atoms with Crippen LogP contribution in [0.3, 0.4) is 0 Å². The molecule has 0 spiro atoms. The van der Waals surface area contributed by atoms with Crippen LogP contribution in [0.5, 0.6) is 0 Å². The van der Waals surface area contributed by atoms with E-state index in [4.69, 9.17) is 9.15 Å². The standard InChI is InChI=1S/C27H35N5O8S/c1-3-4-5-6-13-30-24(34)31-17-26(36)16-29(41(37,38)22-11-9-20(2)10-12-22)18-27(26,19-32(31)25(30)35)40-23(33)28-15-21-8-7-14-39-21/h7-12,14,36H,3-6,13,15-19H2,1-2H3,(H,28,33)/t26-,27+/m0/s1. The van der Waals surface area contributed by atoms with Crippen molar-refractivity contribution in [1.29, 1.82) is 0 Å². The van der Waals surface area contributed by atoms with Gasteiger partial charge in [0.05, 0.1) is 37.3 Å². The maximum absolute atomic E-state index is 13.6. The zero-order valence-electron chi connectivity index (χ0n) is 23.1. The molecule has 2 aliphatic rings. The van der Waals surface area contributed by atoms with Gasteiger partial charge in [0.15, 0.2) is 5.60 Å². The molecule has 0 unspecified atom stereocenters. The predicted molar refractivity (Wildman–Crippen MR) is 147 cm³/mol. The molecule has 1 amide bonds. The summed E-state index contributed by atoms with van der Waals surface area (Å²) in [6.07, 6.45) is 3.97. The van der Waals surface area contributed by atoms with Gasteiger partial charge in [0.25, 0.3) is 0 Å². The number of nitrogens with one attached hydrogen (secondary N) is 1. The number of nitrogens with zero attached hydrogens (tertiary/aromatic N) is 4. The minimum Gasteiger partial charge on any atom is -0.467 e. The maximum Gasteiger partial charge on any atom is 0.408 e. The van der Waals surface area contributed by atoms with E-state index in [1.807, 2.05) is 6.92 Å². The van der Waals surface area contributed by atoms with Gasteiger partial charge in [0, 0.05) is 13.1 Å². The third-order valence-corrected chi connectivity index (χ3v) is 9.70. The van der Waals surface area contributed by atoms with Crippen molar-refractivity contribution >= 4 is 16.1 Å². The van der Waals surface area contributed by atoms with Crippen LogP contribution in [0.2, 0.25) is 0 Å². The number of aryl methyl sites for hydroxylation is 1. The highest BCUT2D eigenvalue weighted by molar-refractivity contribution is 7.89. The number of carbonyl (C=O) groups excluding carboxylic acids is 1. The van der Waals surface area contributed by atoms with Crippen LogP contribution in [0.4, 0.5) is 4.79 Å². The van der Waals surface area contributed by atoms with Crippen molar-refractivity contribution in [2.45, 2.75) is 81.8 Å². The molecule has 222 valence electrons. The topological polar surface area (TPSA) is 158 Å². The molecule has 2 aliphatic heterocycles. The van der Waals surface area contributed by atoms with Crippen LogP contribution in [0.15, 0.2) is 61.6 Å². The molecule has 1 fully saturated rings. The minimum atomic E-state index is -4.12. The van der Waals surface area contributed by atoms with Gasteiger partial charge in [0.1, 0.15) is 11.4 Å². The number of fused-ring (bicyclic) bond motifs is 2. The fourth-order valence-electron chi connectivity index (χ4n) is 5.54. The summed E-state index contributed by atoms with van der Waals surface area (Å²) in [7, 11) is -4.12. The van der Waals surface area contributed by atoms with Gasteiger partial charge in [-0.25, -0.2) is 36.7 Å². The molecule has 13 nitrogen and oxygen atoms in total. The SMILES string of the molecule is CCCCCCn1c(=O)n2n(c1=O)C[C@]1(OC(=O)NCc3ccco3)CN(S(=O)(=O)c3ccc(C)cc3)C[C@]1(O)C2. The minimum absolute atomic E-state index is 0.00832. The number of β-amino-alcohol motifs (C(OH)–C–C–N with tert-alkyl or cyclic N) is 1. The summed E-state index contributed by atoms with van der Waals surface area (Å²) in [5, 5.41) is 14.5. The Bertz CT molecular complexity index is 1620. The summed E-state index contributed by atoms with van der Waals surface area (Å²) in [5.74, 6) is 0.457. The number of aromatic nitrogens is 3. The van der Waals surface area contributed by atoms with Gasteiger partial charge in [0.2, 0.25) is 10.0 Å². The molecule has 41 heavy (non-hydrogen) atoms. The van der Waals surface area contributed by atoms with Crippen LogP contribution in [0, 0.1) is 6.92 Å². The van der Waals surface area contributed by atoms with Gasteiger partial charge >= 0.3 is 17.5 Å². The largest absolute Gasteiger partial charge is 0.467 e. The first kappa shape index (κ1) is 28.9. The van der Waals surface area contributed by atoms with Gasteiger partial charge in [-0.1, -0.05) is 43.9 Å². The fraction of sp³-hybridized carbons (Fsp3) is 0.519. The number of furan rings is 1. The van der Waals surface area contributed by atoms with Gasteiger partial charge in [-0.2, -0.15) is 4.31 Å². The molecule has 1 aromatic carbocycles. The van der Waals surface area contributed by atoms with E-state index in [1.54, 1.807) is 24.3 Å². The molecule has 2 aromatic heterocycles. The molecule has 0 saturated carbocycles. The first-order chi connectivity index (χ1) is 19.5. The highest BCUT2D eigenvalue weighted by atomic mass is 32.2. The van der Waals surface area contributed by atoms with Crippen LogP contribution in [0.25, 0.3) is 0 Å². The number of sulfonamides is 1. The lowest BCUT2D eigenvalue weighted by Gasteiger charge is -2.43. The van der Waals surface area contributed by atoms with Crippen molar-refractivity contribution in [3.05, 3.63) is 75.0 Å². The number of amides is 1. The fourth-order valence-corrected chi connectivity index (χ4v) is 7.08. The Kier molecular flexibility index (Phi) is 7.74. The predicted octanol–water partition coefficient (Wildman–Crippen LogP) is 1.41. The van der Waals surface area contributed by atoms with Crippen molar-refractivity contribution < 1.29 is 27.5 Å². The lowest BCUT2D eigenvalue weighted by atomic mass is 9.84. The van der Waals surface area contributed by atoms with E-state index in [9.17, 15) is 27.9 Å². The smallest absolute Gasteiger partial charge is 0.408 e. The highest BCUT2D eigenvalue weighted by Crippen LogP contribution is 2.42. The quantitative estimate of drug-likeness (QED) is 0.336.